The predicted molar refractivity (Wildman–Crippen MR) is 177 cm³/mol. The fourth-order valence-corrected chi connectivity index (χ4v) is 6.83. The molecule has 44 heavy (non-hydrogen) atoms. The third kappa shape index (κ3) is 7.18. The molecule has 5 rings (SSSR count). The van der Waals surface area contributed by atoms with E-state index in [1.807, 2.05) is 36.4 Å². The van der Waals surface area contributed by atoms with Crippen molar-refractivity contribution < 1.29 is 14.3 Å². The van der Waals surface area contributed by atoms with Crippen LogP contribution in [0.4, 0.5) is 0 Å². The van der Waals surface area contributed by atoms with Crippen LogP contribution in [-0.2, 0) is 24.2 Å². The van der Waals surface area contributed by atoms with Gasteiger partial charge in [-0.1, -0.05) is 62.4 Å². The maximum atomic E-state index is 14.1. The van der Waals surface area contributed by atoms with Crippen molar-refractivity contribution in [1.29, 1.82) is 0 Å². The Hall–Kier alpha value is -3.64. The van der Waals surface area contributed by atoms with Gasteiger partial charge in [0.1, 0.15) is 18.4 Å². The summed E-state index contributed by atoms with van der Waals surface area (Å²) >= 11 is 0. The summed E-state index contributed by atoms with van der Waals surface area (Å²) in [6.07, 6.45) is 3.47. The number of benzene rings is 3. The number of rotatable bonds is 10. The number of hydrogen-bond donors (Lipinski definition) is 1. The van der Waals surface area contributed by atoms with Crippen molar-refractivity contribution in [3.05, 3.63) is 100 Å². The van der Waals surface area contributed by atoms with E-state index in [1.54, 1.807) is 4.90 Å². The van der Waals surface area contributed by atoms with Gasteiger partial charge in [-0.05, 0) is 98.9 Å². The number of nitrogens with zero attached hydrogens (tertiary/aromatic N) is 2. The number of nitrogens with one attached hydrogen (secondary N) is 1. The van der Waals surface area contributed by atoms with Gasteiger partial charge in [0, 0.05) is 37.2 Å². The van der Waals surface area contributed by atoms with Crippen molar-refractivity contribution in [2.24, 2.45) is 0 Å². The first-order valence-electron chi connectivity index (χ1n) is 16.4. The summed E-state index contributed by atoms with van der Waals surface area (Å²) in [5.41, 5.74) is 6.58. The standard InChI is InChI=1S/C38H49N3O3/c1-25(2)29-18-17-28-13-10-16-35(34(28)22-29)39-37(42)36-23-30-11-7-8-12-32(30)24-41(36)38(43)31-14-9-15-33(21-31)44-20-19-40(26(3)4)27(5)6/h7-9,11-12,14-15,17-18,21-22,25-27,35-36H,10,13,16,19-20,23-24H2,1-6H3,(H,39,42). The average Bonchev–Trinajstić information content (AvgIpc) is 3.01. The molecule has 0 bridgehead atoms. The molecule has 6 heteroatoms. The monoisotopic (exact) mass is 595 g/mol. The van der Waals surface area contributed by atoms with Crippen LogP contribution >= 0.6 is 0 Å². The van der Waals surface area contributed by atoms with Gasteiger partial charge in [0.2, 0.25) is 5.91 Å². The fraction of sp³-hybridized carbons (Fsp3) is 0.474. The third-order valence-electron chi connectivity index (χ3n) is 9.31. The quantitative estimate of drug-likeness (QED) is 0.272. The average molecular weight is 596 g/mol. The maximum Gasteiger partial charge on any atom is 0.254 e. The van der Waals surface area contributed by atoms with Crippen molar-refractivity contribution >= 4 is 11.8 Å². The van der Waals surface area contributed by atoms with Gasteiger partial charge in [-0.25, -0.2) is 0 Å². The molecule has 1 heterocycles. The molecule has 0 fully saturated rings. The van der Waals surface area contributed by atoms with E-state index >= 15 is 0 Å². The lowest BCUT2D eigenvalue weighted by Crippen LogP contribution is -2.53. The number of carbonyl (C=O) groups is 2. The topological polar surface area (TPSA) is 61.9 Å². The highest BCUT2D eigenvalue weighted by molar-refractivity contribution is 5.98. The van der Waals surface area contributed by atoms with Crippen molar-refractivity contribution in [2.45, 2.75) is 104 Å². The molecular formula is C38H49N3O3. The van der Waals surface area contributed by atoms with Crippen LogP contribution in [0.5, 0.6) is 5.75 Å². The molecule has 1 N–H and O–H groups in total. The molecule has 2 atom stereocenters. The maximum absolute atomic E-state index is 14.1. The molecule has 0 spiro atoms. The predicted octanol–water partition coefficient (Wildman–Crippen LogP) is 7.07. The Morgan fingerprint density at radius 3 is 2.39 bits per heavy atom. The molecule has 0 aromatic heterocycles. The summed E-state index contributed by atoms with van der Waals surface area (Å²) in [5.74, 6) is 0.852. The third-order valence-corrected chi connectivity index (χ3v) is 9.31. The summed E-state index contributed by atoms with van der Waals surface area (Å²) in [6.45, 7) is 14.9. The first kappa shape index (κ1) is 31.8. The molecule has 2 aliphatic rings. The lowest BCUT2D eigenvalue weighted by molar-refractivity contribution is -0.127. The molecule has 3 aromatic carbocycles. The smallest absolute Gasteiger partial charge is 0.254 e. The molecule has 2 unspecified atom stereocenters. The van der Waals surface area contributed by atoms with Crippen LogP contribution in [0.3, 0.4) is 0 Å². The fourth-order valence-electron chi connectivity index (χ4n) is 6.83. The number of ether oxygens (including phenoxy) is 1. The van der Waals surface area contributed by atoms with Crippen molar-refractivity contribution in [3.63, 3.8) is 0 Å². The molecule has 234 valence electrons. The molecule has 0 saturated carbocycles. The lowest BCUT2D eigenvalue weighted by Gasteiger charge is -2.37. The summed E-state index contributed by atoms with van der Waals surface area (Å²) in [7, 11) is 0. The second-order valence-electron chi connectivity index (χ2n) is 13.3. The van der Waals surface area contributed by atoms with Gasteiger partial charge < -0.3 is 15.0 Å². The Labute approximate surface area is 263 Å². The minimum absolute atomic E-state index is 0.0490. The van der Waals surface area contributed by atoms with Crippen LogP contribution in [0.2, 0.25) is 0 Å². The van der Waals surface area contributed by atoms with E-state index < -0.39 is 6.04 Å². The van der Waals surface area contributed by atoms with Gasteiger partial charge >= 0.3 is 0 Å². The normalized spacial score (nSPS) is 18.0. The molecule has 6 nitrogen and oxygen atoms in total. The lowest BCUT2D eigenvalue weighted by atomic mass is 9.84. The van der Waals surface area contributed by atoms with Gasteiger partial charge in [0.15, 0.2) is 0 Å². The van der Waals surface area contributed by atoms with Gasteiger partial charge in [0.05, 0.1) is 6.04 Å². The Morgan fingerprint density at radius 2 is 1.66 bits per heavy atom. The molecule has 1 aliphatic carbocycles. The SMILES string of the molecule is CC(C)c1ccc2c(c1)C(NC(=O)C1Cc3ccccc3CN1C(=O)c1cccc(OCCN(C(C)C)C(C)C)c1)CCC2. The highest BCUT2D eigenvalue weighted by Gasteiger charge is 2.36. The Bertz CT molecular complexity index is 1460. The molecule has 2 amide bonds. The largest absolute Gasteiger partial charge is 0.492 e. The van der Waals surface area contributed by atoms with Crippen molar-refractivity contribution in [1.82, 2.24) is 15.1 Å². The summed E-state index contributed by atoms with van der Waals surface area (Å²) in [5, 5.41) is 3.38. The van der Waals surface area contributed by atoms with Crippen LogP contribution < -0.4 is 10.1 Å². The number of amides is 2. The van der Waals surface area contributed by atoms with Crippen LogP contribution in [0, 0.1) is 0 Å². The highest BCUT2D eigenvalue weighted by atomic mass is 16.5. The Kier molecular flexibility index (Phi) is 10.1. The number of carbonyl (C=O) groups excluding carboxylic acids is 2. The molecular weight excluding hydrogens is 546 g/mol. The highest BCUT2D eigenvalue weighted by Crippen LogP contribution is 2.33. The Balaban J connectivity index is 1.35. The zero-order valence-corrected chi connectivity index (χ0v) is 27.3. The van der Waals surface area contributed by atoms with Gasteiger partial charge in [-0.2, -0.15) is 0 Å². The summed E-state index contributed by atoms with van der Waals surface area (Å²) < 4.78 is 6.11. The van der Waals surface area contributed by atoms with Crippen LogP contribution in [0.25, 0.3) is 0 Å². The number of fused-ring (bicyclic) bond motifs is 2. The Morgan fingerprint density at radius 1 is 0.909 bits per heavy atom. The van der Waals surface area contributed by atoms with E-state index in [0.717, 1.165) is 36.9 Å². The van der Waals surface area contributed by atoms with Crippen LogP contribution in [0.15, 0.2) is 66.7 Å². The van der Waals surface area contributed by atoms with E-state index in [0.29, 0.717) is 48.9 Å². The minimum Gasteiger partial charge on any atom is -0.492 e. The summed E-state index contributed by atoms with van der Waals surface area (Å²) in [4.78, 5) is 32.4. The molecule has 1 aliphatic heterocycles. The van der Waals surface area contributed by atoms with Crippen molar-refractivity contribution in [3.8, 4) is 5.75 Å². The zero-order chi connectivity index (χ0) is 31.4. The summed E-state index contributed by atoms with van der Waals surface area (Å²) in [6, 6.07) is 22.5. The van der Waals surface area contributed by atoms with E-state index in [-0.39, 0.29) is 17.9 Å². The number of hydrogen-bond acceptors (Lipinski definition) is 4. The van der Waals surface area contributed by atoms with E-state index in [1.165, 1.54) is 16.7 Å². The molecule has 0 radical (unpaired) electrons. The van der Waals surface area contributed by atoms with E-state index in [4.69, 9.17) is 4.74 Å². The van der Waals surface area contributed by atoms with E-state index in [9.17, 15) is 9.59 Å². The second kappa shape index (κ2) is 14.0. The van der Waals surface area contributed by atoms with Gasteiger partial charge in [-0.3, -0.25) is 14.5 Å². The second-order valence-corrected chi connectivity index (χ2v) is 13.3. The first-order valence-corrected chi connectivity index (χ1v) is 16.4. The number of aryl methyl sites for hydroxylation is 1. The molecule has 3 aromatic rings. The minimum atomic E-state index is -0.591. The molecule has 0 saturated heterocycles. The first-order chi connectivity index (χ1) is 21.1. The van der Waals surface area contributed by atoms with Crippen LogP contribution in [0.1, 0.15) is 105 Å². The van der Waals surface area contributed by atoms with Crippen molar-refractivity contribution in [2.75, 3.05) is 13.2 Å². The van der Waals surface area contributed by atoms with Gasteiger partial charge in [0.25, 0.3) is 5.91 Å². The zero-order valence-electron chi connectivity index (χ0n) is 27.3. The van der Waals surface area contributed by atoms with Crippen LogP contribution in [-0.4, -0.2) is 52.9 Å². The van der Waals surface area contributed by atoms with E-state index in [2.05, 4.69) is 82.1 Å². The van der Waals surface area contributed by atoms with Gasteiger partial charge in [-0.15, -0.1) is 0 Å².